The molecule has 4 rings (SSSR count). The summed E-state index contributed by atoms with van der Waals surface area (Å²) in [5, 5.41) is 1.27. The number of ketones is 1. The molecule has 6 heteroatoms. The SMILES string of the molecule is COc1cccc(C(=O)CSc2nc3ccccc3c(=O)n2C2CCCC2)c1. The minimum absolute atomic E-state index is 0.00571. The topological polar surface area (TPSA) is 61.2 Å². The molecule has 28 heavy (non-hydrogen) atoms. The number of ether oxygens (including phenoxy) is 1. The predicted octanol–water partition coefficient (Wildman–Crippen LogP) is 4.50. The van der Waals surface area contributed by atoms with E-state index in [0.717, 1.165) is 25.7 Å². The van der Waals surface area contributed by atoms with E-state index >= 15 is 0 Å². The van der Waals surface area contributed by atoms with Gasteiger partial charge in [-0.3, -0.25) is 14.2 Å². The van der Waals surface area contributed by atoms with Crippen LogP contribution >= 0.6 is 11.8 Å². The second-order valence-corrected chi connectivity index (χ2v) is 7.91. The van der Waals surface area contributed by atoms with Crippen molar-refractivity contribution >= 4 is 28.4 Å². The van der Waals surface area contributed by atoms with Crippen LogP contribution in [-0.2, 0) is 0 Å². The third kappa shape index (κ3) is 3.69. The average molecular weight is 394 g/mol. The molecular formula is C22H22N2O3S. The molecule has 1 heterocycles. The van der Waals surface area contributed by atoms with E-state index in [1.165, 1.54) is 11.8 Å². The molecule has 0 radical (unpaired) electrons. The van der Waals surface area contributed by atoms with Crippen molar-refractivity contribution in [3.8, 4) is 5.75 Å². The number of hydrogen-bond donors (Lipinski definition) is 0. The number of Topliss-reactive ketones (excluding diaryl/α,β-unsaturated/α-hetero) is 1. The maximum atomic E-state index is 13.1. The van der Waals surface area contributed by atoms with Gasteiger partial charge in [0.2, 0.25) is 0 Å². The summed E-state index contributed by atoms with van der Waals surface area (Å²) in [6.07, 6.45) is 4.21. The van der Waals surface area contributed by atoms with Crippen molar-refractivity contribution in [1.29, 1.82) is 0 Å². The third-order valence-electron chi connectivity index (χ3n) is 5.19. The summed E-state index contributed by atoms with van der Waals surface area (Å²) in [5.41, 5.74) is 1.27. The fraction of sp³-hybridized carbons (Fsp3) is 0.318. The van der Waals surface area contributed by atoms with Gasteiger partial charge in [-0.25, -0.2) is 4.98 Å². The average Bonchev–Trinajstić information content (AvgIpc) is 3.26. The van der Waals surface area contributed by atoms with Gasteiger partial charge in [0.1, 0.15) is 5.75 Å². The molecule has 1 saturated carbocycles. The normalized spacial score (nSPS) is 14.5. The van der Waals surface area contributed by atoms with Crippen LogP contribution < -0.4 is 10.3 Å². The Morgan fingerprint density at radius 3 is 2.75 bits per heavy atom. The second kappa shape index (κ2) is 8.19. The lowest BCUT2D eigenvalue weighted by atomic mass is 10.1. The van der Waals surface area contributed by atoms with Crippen molar-refractivity contribution in [3.63, 3.8) is 0 Å². The van der Waals surface area contributed by atoms with Crippen molar-refractivity contribution in [2.45, 2.75) is 36.9 Å². The zero-order valence-corrected chi connectivity index (χ0v) is 16.6. The summed E-state index contributed by atoms with van der Waals surface area (Å²) in [7, 11) is 1.58. The number of carbonyl (C=O) groups excluding carboxylic acids is 1. The molecule has 1 fully saturated rings. The minimum Gasteiger partial charge on any atom is -0.497 e. The standard InChI is InChI=1S/C22H22N2O3S/c1-27-17-10-6-7-15(13-17)20(25)14-28-22-23-19-12-5-4-11-18(19)21(26)24(22)16-8-2-3-9-16/h4-7,10-13,16H,2-3,8-9,14H2,1H3. The van der Waals surface area contributed by atoms with Gasteiger partial charge in [-0.1, -0.05) is 48.9 Å². The predicted molar refractivity (Wildman–Crippen MR) is 112 cm³/mol. The fourth-order valence-electron chi connectivity index (χ4n) is 3.72. The van der Waals surface area contributed by atoms with Gasteiger partial charge in [-0.15, -0.1) is 0 Å². The van der Waals surface area contributed by atoms with E-state index in [2.05, 4.69) is 0 Å². The Morgan fingerprint density at radius 1 is 1.18 bits per heavy atom. The lowest BCUT2D eigenvalue weighted by Crippen LogP contribution is -2.26. The quantitative estimate of drug-likeness (QED) is 0.350. The lowest BCUT2D eigenvalue weighted by Gasteiger charge is -2.18. The van der Waals surface area contributed by atoms with Crippen LogP contribution in [0.25, 0.3) is 10.9 Å². The Hall–Kier alpha value is -2.60. The molecule has 0 bridgehead atoms. The molecule has 0 amide bonds. The monoisotopic (exact) mass is 394 g/mol. The first-order valence-electron chi connectivity index (χ1n) is 9.48. The molecule has 3 aromatic rings. The van der Waals surface area contributed by atoms with Crippen LogP contribution in [-0.4, -0.2) is 28.2 Å². The zero-order valence-electron chi connectivity index (χ0n) is 15.8. The number of hydrogen-bond acceptors (Lipinski definition) is 5. The molecule has 0 saturated heterocycles. The molecule has 0 spiro atoms. The molecule has 5 nitrogen and oxygen atoms in total. The summed E-state index contributed by atoms with van der Waals surface area (Å²) in [4.78, 5) is 30.5. The van der Waals surface area contributed by atoms with Gasteiger partial charge in [0.25, 0.3) is 5.56 Å². The highest BCUT2D eigenvalue weighted by Crippen LogP contribution is 2.32. The fourth-order valence-corrected chi connectivity index (χ4v) is 4.68. The van der Waals surface area contributed by atoms with Crippen molar-refractivity contribution in [2.24, 2.45) is 0 Å². The zero-order chi connectivity index (χ0) is 19.5. The van der Waals surface area contributed by atoms with Crippen LogP contribution in [0, 0.1) is 0 Å². The lowest BCUT2D eigenvalue weighted by molar-refractivity contribution is 0.102. The van der Waals surface area contributed by atoms with Crippen LogP contribution in [0.2, 0.25) is 0 Å². The van der Waals surface area contributed by atoms with Crippen molar-refractivity contribution in [3.05, 3.63) is 64.4 Å². The number of methoxy groups -OCH3 is 1. The first-order valence-corrected chi connectivity index (χ1v) is 10.5. The number of fused-ring (bicyclic) bond motifs is 1. The molecular weight excluding hydrogens is 372 g/mol. The number of thioether (sulfide) groups is 1. The first kappa shape index (κ1) is 18.7. The number of para-hydroxylation sites is 1. The highest BCUT2D eigenvalue weighted by atomic mass is 32.2. The molecule has 0 aliphatic heterocycles. The Morgan fingerprint density at radius 2 is 1.96 bits per heavy atom. The molecule has 2 aromatic carbocycles. The summed E-state index contributed by atoms with van der Waals surface area (Å²) < 4.78 is 7.02. The van der Waals surface area contributed by atoms with E-state index in [1.807, 2.05) is 34.9 Å². The Bertz CT molecular complexity index is 1070. The van der Waals surface area contributed by atoms with E-state index in [1.54, 1.807) is 25.3 Å². The molecule has 0 N–H and O–H groups in total. The highest BCUT2D eigenvalue weighted by Gasteiger charge is 2.23. The third-order valence-corrected chi connectivity index (χ3v) is 6.14. The van der Waals surface area contributed by atoms with E-state index in [9.17, 15) is 9.59 Å². The highest BCUT2D eigenvalue weighted by molar-refractivity contribution is 7.99. The van der Waals surface area contributed by atoms with Gasteiger partial charge in [-0.2, -0.15) is 0 Å². The van der Waals surface area contributed by atoms with Crippen LogP contribution in [0.4, 0.5) is 0 Å². The minimum atomic E-state index is -0.00993. The maximum absolute atomic E-state index is 13.1. The van der Waals surface area contributed by atoms with Gasteiger partial charge in [0.05, 0.1) is 23.8 Å². The Kier molecular flexibility index (Phi) is 5.48. The molecule has 1 aliphatic carbocycles. The van der Waals surface area contributed by atoms with Crippen LogP contribution in [0.15, 0.2) is 58.5 Å². The molecule has 0 unspecified atom stereocenters. The molecule has 1 aromatic heterocycles. The van der Waals surface area contributed by atoms with E-state index in [4.69, 9.17) is 9.72 Å². The summed E-state index contributed by atoms with van der Waals surface area (Å²) in [5.74, 6) is 0.872. The van der Waals surface area contributed by atoms with Crippen molar-refractivity contribution < 1.29 is 9.53 Å². The molecule has 1 aliphatic rings. The van der Waals surface area contributed by atoms with Gasteiger partial charge in [-0.05, 0) is 37.1 Å². The van der Waals surface area contributed by atoms with Crippen molar-refractivity contribution in [2.75, 3.05) is 12.9 Å². The number of benzene rings is 2. The number of aromatic nitrogens is 2. The van der Waals surface area contributed by atoms with Crippen LogP contribution in [0.1, 0.15) is 42.1 Å². The number of rotatable bonds is 6. The first-order chi connectivity index (χ1) is 13.7. The largest absolute Gasteiger partial charge is 0.497 e. The summed E-state index contributed by atoms with van der Waals surface area (Å²) in [6.45, 7) is 0. The van der Waals surface area contributed by atoms with Crippen LogP contribution in [0.3, 0.4) is 0 Å². The Labute approximate surface area is 167 Å². The number of carbonyl (C=O) groups is 1. The van der Waals surface area contributed by atoms with E-state index < -0.39 is 0 Å². The number of nitrogens with zero attached hydrogens (tertiary/aromatic N) is 2. The smallest absolute Gasteiger partial charge is 0.262 e. The van der Waals surface area contributed by atoms with E-state index in [-0.39, 0.29) is 23.1 Å². The summed E-state index contributed by atoms with van der Waals surface area (Å²) in [6, 6.07) is 14.7. The summed E-state index contributed by atoms with van der Waals surface area (Å²) >= 11 is 1.34. The molecule has 0 atom stereocenters. The molecule has 144 valence electrons. The van der Waals surface area contributed by atoms with Crippen molar-refractivity contribution in [1.82, 2.24) is 9.55 Å². The van der Waals surface area contributed by atoms with Gasteiger partial charge >= 0.3 is 0 Å². The van der Waals surface area contributed by atoms with Crippen LogP contribution in [0.5, 0.6) is 5.75 Å². The Balaban J connectivity index is 1.66. The van der Waals surface area contributed by atoms with E-state index in [0.29, 0.717) is 27.4 Å². The van der Waals surface area contributed by atoms with Gasteiger partial charge in [0, 0.05) is 11.6 Å². The maximum Gasteiger partial charge on any atom is 0.262 e. The van der Waals surface area contributed by atoms with Gasteiger partial charge in [0.15, 0.2) is 10.9 Å². The second-order valence-electron chi connectivity index (χ2n) is 6.97. The van der Waals surface area contributed by atoms with Gasteiger partial charge < -0.3 is 4.74 Å².